The first-order valence-electron chi connectivity index (χ1n) is 9.28. The van der Waals surface area contributed by atoms with Crippen molar-refractivity contribution in [3.63, 3.8) is 0 Å². The zero-order valence-corrected chi connectivity index (χ0v) is 16.2. The van der Waals surface area contributed by atoms with Gasteiger partial charge in [-0.05, 0) is 33.2 Å². The molecule has 0 radical (unpaired) electrons. The van der Waals surface area contributed by atoms with Crippen molar-refractivity contribution in [3.05, 3.63) is 11.6 Å². The second kappa shape index (κ2) is 7.00. The molecule has 2 fully saturated rings. The van der Waals surface area contributed by atoms with Gasteiger partial charge in [-0.1, -0.05) is 13.0 Å². The molecular formula is C19H27NO7. The molecule has 3 aliphatic rings. The SMILES string of the molecule is CC1C[C@@]2(O[C@H]2C)C(=O)O[C@@H]2CCN(C)CC=C(COC(=O)[C@]1(C)O)C2=O. The Morgan fingerprint density at radius 3 is 2.52 bits per heavy atom. The number of nitrogens with zero attached hydrogens (tertiary/aromatic N) is 1. The van der Waals surface area contributed by atoms with Crippen molar-refractivity contribution < 1.29 is 33.7 Å². The third kappa shape index (κ3) is 3.66. The Morgan fingerprint density at radius 1 is 1.22 bits per heavy atom. The molecule has 3 rings (SSSR count). The lowest BCUT2D eigenvalue weighted by molar-refractivity contribution is -0.173. The molecule has 1 unspecified atom stereocenters. The second-order valence-electron chi connectivity index (χ2n) is 8.02. The number of ketones is 1. The maximum atomic E-state index is 12.9. The smallest absolute Gasteiger partial charge is 0.341 e. The van der Waals surface area contributed by atoms with Crippen LogP contribution in [-0.4, -0.2) is 77.9 Å². The standard InChI is InChI=1S/C19H27NO7/c1-11-9-19(12(2)27-19)17(23)26-14-6-8-20(4)7-5-13(15(14)21)10-25-16(22)18(11,3)24/h5,11-12,14,24H,6-10H2,1-4H3/t11?,12-,14+,18+,19-/m0/s1. The second-order valence-corrected chi connectivity index (χ2v) is 8.02. The summed E-state index contributed by atoms with van der Waals surface area (Å²) in [4.78, 5) is 40.2. The first kappa shape index (κ1) is 20.0. The van der Waals surface area contributed by atoms with Gasteiger partial charge in [0.2, 0.25) is 5.78 Å². The minimum atomic E-state index is -1.82. The Balaban J connectivity index is 1.97. The highest BCUT2D eigenvalue weighted by atomic mass is 16.7. The number of epoxide rings is 1. The largest absolute Gasteiger partial charge is 0.459 e. The lowest BCUT2D eigenvalue weighted by Gasteiger charge is -2.32. The van der Waals surface area contributed by atoms with Gasteiger partial charge in [0.05, 0.1) is 6.10 Å². The van der Waals surface area contributed by atoms with Gasteiger partial charge in [0, 0.05) is 25.1 Å². The highest BCUT2D eigenvalue weighted by molar-refractivity contribution is 6.01. The number of cyclic esters (lactones) is 1. The van der Waals surface area contributed by atoms with Crippen LogP contribution in [0.15, 0.2) is 11.6 Å². The van der Waals surface area contributed by atoms with E-state index in [9.17, 15) is 19.5 Å². The van der Waals surface area contributed by atoms with Gasteiger partial charge in [-0.15, -0.1) is 0 Å². The van der Waals surface area contributed by atoms with E-state index in [1.54, 1.807) is 19.9 Å². The topological polar surface area (TPSA) is 106 Å². The summed E-state index contributed by atoms with van der Waals surface area (Å²) >= 11 is 0. The van der Waals surface area contributed by atoms with Crippen molar-refractivity contribution >= 4 is 17.7 Å². The molecule has 0 aromatic carbocycles. The minimum Gasteiger partial charge on any atom is -0.459 e. The third-order valence-electron chi connectivity index (χ3n) is 5.95. The molecule has 2 saturated heterocycles. The lowest BCUT2D eigenvalue weighted by Crippen LogP contribution is -2.48. The first-order valence-corrected chi connectivity index (χ1v) is 9.28. The Hall–Kier alpha value is -1.77. The Kier molecular flexibility index (Phi) is 5.18. The number of hydrogen-bond donors (Lipinski definition) is 1. The van der Waals surface area contributed by atoms with Gasteiger partial charge in [-0.3, -0.25) is 4.79 Å². The quantitative estimate of drug-likeness (QED) is 0.469. The van der Waals surface area contributed by atoms with Crippen LogP contribution in [0.2, 0.25) is 0 Å². The number of aliphatic hydroxyl groups is 1. The van der Waals surface area contributed by atoms with E-state index in [1.807, 2.05) is 11.9 Å². The van der Waals surface area contributed by atoms with Gasteiger partial charge in [0.1, 0.15) is 6.61 Å². The predicted octanol–water partition coefficient (Wildman–Crippen LogP) is 0.221. The highest BCUT2D eigenvalue weighted by Gasteiger charge is 2.63. The van der Waals surface area contributed by atoms with Gasteiger partial charge in [-0.25, -0.2) is 9.59 Å². The molecule has 8 heteroatoms. The number of Topliss-reactive ketones (excluding diaryl/α,β-unsaturated/α-hetero) is 1. The fourth-order valence-corrected chi connectivity index (χ4v) is 3.54. The molecule has 5 atom stereocenters. The molecule has 0 aromatic rings. The molecule has 1 spiro atoms. The van der Waals surface area contributed by atoms with Crippen molar-refractivity contribution in [1.29, 1.82) is 0 Å². The van der Waals surface area contributed by atoms with Gasteiger partial charge in [0.15, 0.2) is 17.3 Å². The van der Waals surface area contributed by atoms with Crippen LogP contribution in [-0.2, 0) is 28.6 Å². The molecule has 0 saturated carbocycles. The molecule has 150 valence electrons. The van der Waals surface area contributed by atoms with E-state index in [0.29, 0.717) is 19.5 Å². The van der Waals surface area contributed by atoms with Crippen molar-refractivity contribution in [1.82, 2.24) is 4.90 Å². The monoisotopic (exact) mass is 381 g/mol. The molecule has 3 heterocycles. The maximum absolute atomic E-state index is 12.9. The van der Waals surface area contributed by atoms with Crippen molar-refractivity contribution in [2.45, 2.75) is 57.0 Å². The van der Waals surface area contributed by atoms with Gasteiger partial charge in [-0.2, -0.15) is 0 Å². The van der Waals surface area contributed by atoms with Crippen LogP contribution < -0.4 is 0 Å². The lowest BCUT2D eigenvalue weighted by atomic mass is 9.82. The number of esters is 2. The Morgan fingerprint density at radius 2 is 1.89 bits per heavy atom. The van der Waals surface area contributed by atoms with E-state index < -0.39 is 41.3 Å². The molecule has 0 aromatic heterocycles. The van der Waals surface area contributed by atoms with E-state index in [1.165, 1.54) is 6.92 Å². The Bertz CT molecular complexity index is 686. The van der Waals surface area contributed by atoms with Crippen LogP contribution in [0, 0.1) is 5.92 Å². The number of hydrogen-bond acceptors (Lipinski definition) is 8. The number of rotatable bonds is 0. The Labute approximate surface area is 158 Å². The fourth-order valence-electron chi connectivity index (χ4n) is 3.54. The van der Waals surface area contributed by atoms with Crippen LogP contribution in [0.4, 0.5) is 0 Å². The van der Waals surface area contributed by atoms with E-state index in [4.69, 9.17) is 14.2 Å². The van der Waals surface area contributed by atoms with E-state index in [-0.39, 0.29) is 24.4 Å². The van der Waals surface area contributed by atoms with E-state index >= 15 is 0 Å². The van der Waals surface area contributed by atoms with Crippen molar-refractivity contribution in [2.75, 3.05) is 26.7 Å². The van der Waals surface area contributed by atoms with Crippen LogP contribution in [0.25, 0.3) is 0 Å². The summed E-state index contributed by atoms with van der Waals surface area (Å²) in [5.41, 5.74) is -2.81. The zero-order valence-electron chi connectivity index (χ0n) is 16.2. The predicted molar refractivity (Wildman–Crippen MR) is 93.7 cm³/mol. The molecule has 27 heavy (non-hydrogen) atoms. The number of likely N-dealkylation sites (N-methyl/N-ethyl adjacent to an activating group) is 1. The summed E-state index contributed by atoms with van der Waals surface area (Å²) < 4.78 is 16.4. The van der Waals surface area contributed by atoms with Crippen LogP contribution >= 0.6 is 0 Å². The van der Waals surface area contributed by atoms with Crippen molar-refractivity contribution in [3.8, 4) is 0 Å². The zero-order chi connectivity index (χ0) is 20.0. The summed E-state index contributed by atoms with van der Waals surface area (Å²) in [6, 6.07) is 0. The van der Waals surface area contributed by atoms with Gasteiger partial charge in [0.25, 0.3) is 0 Å². The molecular weight excluding hydrogens is 354 g/mol. The molecule has 1 N–H and O–H groups in total. The number of carbonyl (C=O) groups is 3. The summed E-state index contributed by atoms with van der Waals surface area (Å²) in [7, 11) is 1.89. The average molecular weight is 381 g/mol. The number of carbonyl (C=O) groups excluding carboxylic acids is 3. The van der Waals surface area contributed by atoms with Crippen LogP contribution in [0.3, 0.4) is 0 Å². The van der Waals surface area contributed by atoms with Crippen molar-refractivity contribution in [2.24, 2.45) is 5.92 Å². The van der Waals surface area contributed by atoms with Gasteiger partial charge < -0.3 is 24.2 Å². The molecule has 3 aliphatic heterocycles. The van der Waals surface area contributed by atoms with E-state index in [2.05, 4.69) is 0 Å². The average Bonchev–Trinajstić information content (AvgIpc) is 3.26. The summed E-state index contributed by atoms with van der Waals surface area (Å²) in [5.74, 6) is -2.43. The third-order valence-corrected chi connectivity index (χ3v) is 5.95. The molecule has 0 amide bonds. The summed E-state index contributed by atoms with van der Waals surface area (Å²) in [5, 5.41) is 10.7. The number of fused-ring (bicyclic) bond motifs is 2. The maximum Gasteiger partial charge on any atom is 0.341 e. The molecule has 2 bridgehead atoms. The minimum absolute atomic E-state index is 0.0958. The first-order chi connectivity index (χ1) is 12.6. The summed E-state index contributed by atoms with van der Waals surface area (Å²) in [6.45, 7) is 5.57. The molecule has 0 aliphatic carbocycles. The highest BCUT2D eigenvalue weighted by Crippen LogP contribution is 2.45. The normalized spacial score (nSPS) is 41.4. The van der Waals surface area contributed by atoms with E-state index in [0.717, 1.165) is 0 Å². The molecule has 8 nitrogen and oxygen atoms in total. The fraction of sp³-hybridized carbons (Fsp3) is 0.737. The number of ether oxygens (including phenoxy) is 3. The van der Waals surface area contributed by atoms with Crippen LogP contribution in [0.5, 0.6) is 0 Å². The summed E-state index contributed by atoms with van der Waals surface area (Å²) in [6.07, 6.45) is 0.756. The van der Waals surface area contributed by atoms with Crippen LogP contribution in [0.1, 0.15) is 33.6 Å². The van der Waals surface area contributed by atoms with Gasteiger partial charge >= 0.3 is 11.9 Å².